The maximum absolute atomic E-state index is 12.3. The van der Waals surface area contributed by atoms with E-state index in [2.05, 4.69) is 15.8 Å². The summed E-state index contributed by atoms with van der Waals surface area (Å²) in [6, 6.07) is 7.29. The van der Waals surface area contributed by atoms with E-state index in [-0.39, 0.29) is 30.8 Å². The SMILES string of the molecule is CC(C)NC(=O)CCNC(=O)C1(C)CC(c2ccc(Cl)cc2)=NO1. The highest BCUT2D eigenvalue weighted by molar-refractivity contribution is 6.30. The molecule has 1 aliphatic heterocycles. The minimum atomic E-state index is -1.07. The van der Waals surface area contributed by atoms with Gasteiger partial charge in [-0.15, -0.1) is 0 Å². The lowest BCUT2D eigenvalue weighted by Crippen LogP contribution is -2.45. The van der Waals surface area contributed by atoms with Gasteiger partial charge in [0.25, 0.3) is 5.91 Å². The second kappa shape index (κ2) is 7.66. The molecule has 24 heavy (non-hydrogen) atoms. The van der Waals surface area contributed by atoms with Gasteiger partial charge in [0.2, 0.25) is 11.5 Å². The Hall–Kier alpha value is -2.08. The number of rotatable bonds is 6. The lowest BCUT2D eigenvalue weighted by Gasteiger charge is -2.20. The number of oxime groups is 1. The minimum Gasteiger partial charge on any atom is -0.379 e. The average molecular weight is 352 g/mol. The predicted octanol–water partition coefficient (Wildman–Crippen LogP) is 2.25. The van der Waals surface area contributed by atoms with Crippen LogP contribution in [0.3, 0.4) is 0 Å². The number of nitrogens with zero attached hydrogens (tertiary/aromatic N) is 1. The van der Waals surface area contributed by atoms with Gasteiger partial charge >= 0.3 is 0 Å². The molecule has 1 heterocycles. The van der Waals surface area contributed by atoms with E-state index >= 15 is 0 Å². The molecule has 0 spiro atoms. The van der Waals surface area contributed by atoms with Crippen molar-refractivity contribution in [3.05, 3.63) is 34.9 Å². The molecule has 2 amide bonds. The van der Waals surface area contributed by atoms with E-state index in [0.717, 1.165) is 5.56 Å². The molecule has 7 heteroatoms. The van der Waals surface area contributed by atoms with Crippen molar-refractivity contribution in [1.82, 2.24) is 10.6 Å². The molecule has 1 aromatic carbocycles. The van der Waals surface area contributed by atoms with Crippen LogP contribution in [0.1, 0.15) is 39.2 Å². The van der Waals surface area contributed by atoms with E-state index in [9.17, 15) is 9.59 Å². The molecule has 6 nitrogen and oxygen atoms in total. The minimum absolute atomic E-state index is 0.0826. The monoisotopic (exact) mass is 351 g/mol. The molecular formula is C17H22ClN3O3. The van der Waals surface area contributed by atoms with Crippen LogP contribution in [0, 0.1) is 0 Å². The van der Waals surface area contributed by atoms with Crippen molar-refractivity contribution in [2.45, 2.75) is 45.3 Å². The van der Waals surface area contributed by atoms with Crippen LogP contribution in [0.5, 0.6) is 0 Å². The van der Waals surface area contributed by atoms with Crippen LogP contribution in [-0.2, 0) is 14.4 Å². The first-order valence-electron chi connectivity index (χ1n) is 7.89. The van der Waals surface area contributed by atoms with Crippen molar-refractivity contribution in [3.63, 3.8) is 0 Å². The summed E-state index contributed by atoms with van der Waals surface area (Å²) >= 11 is 5.87. The fourth-order valence-electron chi connectivity index (χ4n) is 2.33. The Balaban J connectivity index is 1.85. The Morgan fingerprint density at radius 3 is 2.62 bits per heavy atom. The lowest BCUT2D eigenvalue weighted by molar-refractivity contribution is -0.141. The number of hydrogen-bond donors (Lipinski definition) is 2. The smallest absolute Gasteiger partial charge is 0.267 e. The van der Waals surface area contributed by atoms with E-state index in [0.29, 0.717) is 17.2 Å². The summed E-state index contributed by atoms with van der Waals surface area (Å²) in [6.07, 6.45) is 0.587. The van der Waals surface area contributed by atoms with Gasteiger partial charge in [0, 0.05) is 30.5 Å². The lowest BCUT2D eigenvalue weighted by atomic mass is 9.95. The van der Waals surface area contributed by atoms with Gasteiger partial charge < -0.3 is 15.5 Å². The summed E-state index contributed by atoms with van der Waals surface area (Å²) in [5.41, 5.74) is 0.498. The number of amides is 2. The van der Waals surface area contributed by atoms with Gasteiger partial charge in [-0.1, -0.05) is 28.9 Å². The largest absolute Gasteiger partial charge is 0.379 e. The fourth-order valence-corrected chi connectivity index (χ4v) is 2.46. The maximum atomic E-state index is 12.3. The number of carbonyl (C=O) groups is 2. The van der Waals surface area contributed by atoms with Crippen LogP contribution in [-0.4, -0.2) is 35.7 Å². The Bertz CT molecular complexity index is 643. The zero-order valence-electron chi connectivity index (χ0n) is 14.1. The van der Waals surface area contributed by atoms with Crippen molar-refractivity contribution in [3.8, 4) is 0 Å². The molecule has 0 aromatic heterocycles. The fraction of sp³-hybridized carbons (Fsp3) is 0.471. The van der Waals surface area contributed by atoms with Gasteiger partial charge in [0.1, 0.15) is 0 Å². The average Bonchev–Trinajstić information content (AvgIpc) is 2.91. The number of halogens is 1. The van der Waals surface area contributed by atoms with Gasteiger partial charge in [-0.25, -0.2) is 0 Å². The second-order valence-corrected chi connectivity index (χ2v) is 6.71. The molecule has 0 radical (unpaired) electrons. The molecule has 0 saturated carbocycles. The molecule has 1 atom stereocenters. The number of benzene rings is 1. The molecule has 130 valence electrons. The Morgan fingerprint density at radius 2 is 2.00 bits per heavy atom. The Morgan fingerprint density at radius 1 is 1.33 bits per heavy atom. The molecule has 2 N–H and O–H groups in total. The van der Waals surface area contributed by atoms with Gasteiger partial charge in [-0.2, -0.15) is 0 Å². The molecular weight excluding hydrogens is 330 g/mol. The van der Waals surface area contributed by atoms with Crippen LogP contribution in [0.2, 0.25) is 5.02 Å². The quantitative estimate of drug-likeness (QED) is 0.825. The molecule has 0 bridgehead atoms. The van der Waals surface area contributed by atoms with E-state index in [4.69, 9.17) is 16.4 Å². The van der Waals surface area contributed by atoms with E-state index in [1.54, 1.807) is 19.1 Å². The van der Waals surface area contributed by atoms with Crippen LogP contribution >= 0.6 is 11.6 Å². The molecule has 0 aliphatic carbocycles. The number of nitrogens with one attached hydrogen (secondary N) is 2. The molecule has 1 aromatic rings. The highest BCUT2D eigenvalue weighted by Crippen LogP contribution is 2.27. The first kappa shape index (κ1) is 18.3. The van der Waals surface area contributed by atoms with Crippen LogP contribution in [0.4, 0.5) is 0 Å². The summed E-state index contributed by atoms with van der Waals surface area (Å²) in [7, 11) is 0. The van der Waals surface area contributed by atoms with Crippen molar-refractivity contribution < 1.29 is 14.4 Å². The van der Waals surface area contributed by atoms with Gasteiger partial charge in [-0.3, -0.25) is 9.59 Å². The van der Waals surface area contributed by atoms with Gasteiger partial charge in [0.05, 0.1) is 5.71 Å². The van der Waals surface area contributed by atoms with Gasteiger partial charge in [-0.05, 0) is 38.5 Å². The molecule has 2 rings (SSSR count). The summed E-state index contributed by atoms with van der Waals surface area (Å²) < 4.78 is 0. The third kappa shape index (κ3) is 4.71. The summed E-state index contributed by atoms with van der Waals surface area (Å²) in [5, 5.41) is 10.2. The topological polar surface area (TPSA) is 79.8 Å². The number of hydrogen-bond acceptors (Lipinski definition) is 4. The standard InChI is InChI=1S/C17H22ClN3O3/c1-11(2)20-15(22)8-9-19-16(23)17(3)10-14(21-24-17)12-4-6-13(18)7-5-12/h4-7,11H,8-10H2,1-3H3,(H,19,23)(H,20,22). The Kier molecular flexibility index (Phi) is 5.83. The summed E-state index contributed by atoms with van der Waals surface area (Å²) in [6.45, 7) is 5.72. The van der Waals surface area contributed by atoms with Crippen molar-refractivity contribution in [2.75, 3.05) is 6.54 Å². The third-order valence-electron chi connectivity index (χ3n) is 3.61. The van der Waals surface area contributed by atoms with Crippen LogP contribution in [0.25, 0.3) is 0 Å². The van der Waals surface area contributed by atoms with E-state index in [1.165, 1.54) is 0 Å². The highest BCUT2D eigenvalue weighted by atomic mass is 35.5. The van der Waals surface area contributed by atoms with Crippen LogP contribution in [0.15, 0.2) is 29.4 Å². The molecule has 0 saturated heterocycles. The molecule has 1 unspecified atom stereocenters. The first-order valence-corrected chi connectivity index (χ1v) is 8.26. The second-order valence-electron chi connectivity index (χ2n) is 6.27. The zero-order chi connectivity index (χ0) is 17.7. The van der Waals surface area contributed by atoms with Crippen molar-refractivity contribution >= 4 is 29.1 Å². The van der Waals surface area contributed by atoms with E-state index < -0.39 is 5.60 Å². The van der Waals surface area contributed by atoms with Crippen LogP contribution < -0.4 is 10.6 Å². The maximum Gasteiger partial charge on any atom is 0.267 e. The molecule has 0 fully saturated rings. The predicted molar refractivity (Wildman–Crippen MR) is 93.0 cm³/mol. The third-order valence-corrected chi connectivity index (χ3v) is 3.86. The van der Waals surface area contributed by atoms with E-state index in [1.807, 2.05) is 26.0 Å². The number of carbonyl (C=O) groups excluding carboxylic acids is 2. The normalized spacial score (nSPS) is 19.6. The highest BCUT2D eigenvalue weighted by Gasteiger charge is 2.42. The Labute approximate surface area is 146 Å². The van der Waals surface area contributed by atoms with Gasteiger partial charge in [0.15, 0.2) is 0 Å². The first-order chi connectivity index (χ1) is 11.3. The molecule has 1 aliphatic rings. The van der Waals surface area contributed by atoms with Crippen molar-refractivity contribution in [1.29, 1.82) is 0 Å². The van der Waals surface area contributed by atoms with Crippen molar-refractivity contribution in [2.24, 2.45) is 5.16 Å². The zero-order valence-corrected chi connectivity index (χ0v) is 14.8. The summed E-state index contributed by atoms with van der Waals surface area (Å²) in [5.74, 6) is -0.381. The summed E-state index contributed by atoms with van der Waals surface area (Å²) in [4.78, 5) is 29.3.